The molecule has 3 unspecified atom stereocenters. The predicted molar refractivity (Wildman–Crippen MR) is 140 cm³/mol. The first-order chi connectivity index (χ1) is 17.5. The summed E-state index contributed by atoms with van der Waals surface area (Å²) >= 11 is 6.89. The lowest BCUT2D eigenvalue weighted by molar-refractivity contribution is 0.0560. The Morgan fingerprint density at radius 2 is 1.97 bits per heavy atom. The Hall–Kier alpha value is -2.86. The maximum Gasteiger partial charge on any atom is 0.409 e. The SMILES string of the molecule is CCCOC(=O)N1CCN(C(=O)c2ccc3c(Cl)c4c(nc3c2)CC(C23C=CC=CC2C3)CC4)CC1. The Morgan fingerprint density at radius 3 is 2.75 bits per heavy atom. The number of amides is 2. The molecule has 7 heteroatoms. The fourth-order valence-electron chi connectivity index (χ4n) is 6.34. The molecular weight excluding hydrogens is 474 g/mol. The minimum Gasteiger partial charge on any atom is -0.449 e. The summed E-state index contributed by atoms with van der Waals surface area (Å²) in [5.41, 5.74) is 3.97. The number of hydrogen-bond acceptors (Lipinski definition) is 4. The molecule has 2 amide bonds. The summed E-state index contributed by atoms with van der Waals surface area (Å²) in [4.78, 5) is 33.9. The van der Waals surface area contributed by atoms with Crippen LogP contribution in [0.25, 0.3) is 10.9 Å². The second-order valence-electron chi connectivity index (χ2n) is 10.6. The number of rotatable bonds is 4. The molecule has 2 heterocycles. The highest BCUT2D eigenvalue weighted by Crippen LogP contribution is 2.63. The number of carbonyl (C=O) groups excluding carboxylic acids is 2. The predicted octanol–water partition coefficient (Wildman–Crippen LogP) is 5.43. The number of halogens is 1. The second kappa shape index (κ2) is 9.22. The molecule has 0 bridgehead atoms. The van der Waals surface area contributed by atoms with Gasteiger partial charge >= 0.3 is 6.09 Å². The molecule has 0 radical (unpaired) electrons. The Balaban J connectivity index is 1.19. The molecule has 1 aliphatic heterocycles. The van der Waals surface area contributed by atoms with Crippen molar-refractivity contribution in [2.45, 2.75) is 39.0 Å². The van der Waals surface area contributed by atoms with Crippen molar-refractivity contribution in [2.75, 3.05) is 32.8 Å². The van der Waals surface area contributed by atoms with Crippen molar-refractivity contribution in [1.82, 2.24) is 14.8 Å². The zero-order chi connectivity index (χ0) is 24.9. The highest BCUT2D eigenvalue weighted by Gasteiger charge is 2.56. The number of pyridine rings is 1. The average Bonchev–Trinajstić information content (AvgIpc) is 3.67. The molecule has 0 spiro atoms. The maximum atomic E-state index is 13.3. The molecule has 1 saturated carbocycles. The van der Waals surface area contributed by atoms with Gasteiger partial charge in [0.05, 0.1) is 17.1 Å². The summed E-state index contributed by atoms with van der Waals surface area (Å²) in [6, 6.07) is 5.68. The van der Waals surface area contributed by atoms with Gasteiger partial charge < -0.3 is 14.5 Å². The number of aromatic nitrogens is 1. The van der Waals surface area contributed by atoms with Gasteiger partial charge in [0.25, 0.3) is 5.91 Å². The largest absolute Gasteiger partial charge is 0.449 e. The third-order valence-corrected chi connectivity index (χ3v) is 8.94. The Morgan fingerprint density at radius 1 is 1.17 bits per heavy atom. The van der Waals surface area contributed by atoms with Crippen LogP contribution in [-0.4, -0.2) is 59.6 Å². The van der Waals surface area contributed by atoms with E-state index in [1.165, 1.54) is 12.0 Å². The molecule has 2 aromatic rings. The smallest absolute Gasteiger partial charge is 0.409 e. The molecule has 6 nitrogen and oxygen atoms in total. The monoisotopic (exact) mass is 505 g/mol. The van der Waals surface area contributed by atoms with Crippen molar-refractivity contribution in [2.24, 2.45) is 17.3 Å². The van der Waals surface area contributed by atoms with Gasteiger partial charge in [0.2, 0.25) is 0 Å². The van der Waals surface area contributed by atoms with E-state index >= 15 is 0 Å². The number of ether oxygens (including phenoxy) is 1. The molecule has 3 atom stereocenters. The number of allylic oxidation sites excluding steroid dienone is 4. The summed E-state index contributed by atoms with van der Waals surface area (Å²) in [6.45, 7) is 4.33. The van der Waals surface area contributed by atoms with Crippen molar-refractivity contribution >= 4 is 34.5 Å². The topological polar surface area (TPSA) is 62.7 Å². The van der Waals surface area contributed by atoms with Gasteiger partial charge in [-0.15, -0.1) is 0 Å². The summed E-state index contributed by atoms with van der Waals surface area (Å²) in [6.07, 6.45) is 13.9. The number of piperazine rings is 1. The summed E-state index contributed by atoms with van der Waals surface area (Å²) in [5.74, 6) is 1.22. The molecule has 1 aromatic heterocycles. The highest BCUT2D eigenvalue weighted by atomic mass is 35.5. The van der Waals surface area contributed by atoms with Crippen LogP contribution < -0.4 is 0 Å². The van der Waals surface area contributed by atoms with Crippen LogP contribution in [0.15, 0.2) is 42.5 Å². The molecule has 2 fully saturated rings. The first-order valence-electron chi connectivity index (χ1n) is 13.2. The van der Waals surface area contributed by atoms with Crippen LogP contribution in [0, 0.1) is 17.3 Å². The van der Waals surface area contributed by atoms with E-state index in [2.05, 4.69) is 24.3 Å². The van der Waals surface area contributed by atoms with E-state index in [1.807, 2.05) is 25.1 Å². The number of fused-ring (bicyclic) bond motifs is 3. The molecule has 1 saturated heterocycles. The van der Waals surface area contributed by atoms with Gasteiger partial charge in [-0.3, -0.25) is 9.78 Å². The number of carbonyl (C=O) groups is 2. The van der Waals surface area contributed by atoms with Gasteiger partial charge in [0, 0.05) is 42.8 Å². The van der Waals surface area contributed by atoms with Crippen molar-refractivity contribution in [3.8, 4) is 0 Å². The number of hydrogen-bond donors (Lipinski definition) is 0. The van der Waals surface area contributed by atoms with Gasteiger partial charge in [-0.1, -0.05) is 48.9 Å². The van der Waals surface area contributed by atoms with Crippen molar-refractivity contribution in [3.05, 3.63) is 64.3 Å². The van der Waals surface area contributed by atoms with Crippen LogP contribution in [0.5, 0.6) is 0 Å². The van der Waals surface area contributed by atoms with Crippen LogP contribution in [0.3, 0.4) is 0 Å². The zero-order valence-corrected chi connectivity index (χ0v) is 21.5. The maximum absolute atomic E-state index is 13.3. The molecular formula is C29H32ClN3O3. The number of nitrogens with zero attached hydrogens (tertiary/aromatic N) is 3. The fraction of sp³-hybridized carbons (Fsp3) is 0.483. The Labute approximate surface area is 216 Å². The van der Waals surface area contributed by atoms with Crippen LogP contribution in [0.4, 0.5) is 4.79 Å². The summed E-state index contributed by atoms with van der Waals surface area (Å²) in [5, 5.41) is 1.70. The molecule has 3 aliphatic carbocycles. The Kier molecular flexibility index (Phi) is 6.03. The lowest BCUT2D eigenvalue weighted by Crippen LogP contribution is -2.50. The number of benzene rings is 1. The molecule has 188 valence electrons. The van der Waals surface area contributed by atoms with E-state index in [0.29, 0.717) is 55.6 Å². The van der Waals surface area contributed by atoms with Gasteiger partial charge in [-0.05, 0) is 67.1 Å². The second-order valence-corrected chi connectivity index (χ2v) is 11.0. The van der Waals surface area contributed by atoms with E-state index in [-0.39, 0.29) is 12.0 Å². The van der Waals surface area contributed by atoms with Gasteiger partial charge in [-0.25, -0.2) is 4.79 Å². The van der Waals surface area contributed by atoms with Crippen molar-refractivity contribution in [1.29, 1.82) is 0 Å². The van der Waals surface area contributed by atoms with E-state index in [0.717, 1.165) is 47.3 Å². The third-order valence-electron chi connectivity index (χ3n) is 8.51. The standard InChI is InChI=1S/C29H32ClN3O3/c1-2-15-36-28(35)33-13-11-32(12-14-33)27(34)19-6-8-22-24(16-19)31-25-17-20(7-9-23(25)26(22)30)29-10-4-3-5-21(29)18-29/h3-6,8,10,16,20-21H,2,7,9,11-15,17-18H2,1H3. The molecule has 1 aromatic carbocycles. The average molecular weight is 506 g/mol. The molecule has 0 N–H and O–H groups in total. The van der Waals surface area contributed by atoms with E-state index in [4.69, 9.17) is 21.3 Å². The van der Waals surface area contributed by atoms with Crippen molar-refractivity contribution in [3.63, 3.8) is 0 Å². The van der Waals surface area contributed by atoms with E-state index in [1.54, 1.807) is 9.80 Å². The van der Waals surface area contributed by atoms with E-state index < -0.39 is 0 Å². The van der Waals surface area contributed by atoms with Crippen LogP contribution in [0.2, 0.25) is 5.02 Å². The normalized spacial score (nSPS) is 26.5. The zero-order valence-electron chi connectivity index (χ0n) is 20.7. The molecule has 36 heavy (non-hydrogen) atoms. The minimum absolute atomic E-state index is 0.0363. The third kappa shape index (κ3) is 4.00. The van der Waals surface area contributed by atoms with Crippen LogP contribution in [-0.2, 0) is 17.6 Å². The van der Waals surface area contributed by atoms with Gasteiger partial charge in [-0.2, -0.15) is 0 Å². The van der Waals surface area contributed by atoms with Gasteiger partial charge in [0.15, 0.2) is 0 Å². The molecule has 6 rings (SSSR count). The summed E-state index contributed by atoms with van der Waals surface area (Å²) in [7, 11) is 0. The van der Waals surface area contributed by atoms with Crippen LogP contribution in [0.1, 0.15) is 47.8 Å². The van der Waals surface area contributed by atoms with Crippen LogP contribution >= 0.6 is 11.6 Å². The lowest BCUT2D eigenvalue weighted by Gasteiger charge is -2.34. The summed E-state index contributed by atoms with van der Waals surface area (Å²) < 4.78 is 5.23. The Bertz CT molecular complexity index is 1280. The molecule has 4 aliphatic rings. The quantitative estimate of drug-likeness (QED) is 0.556. The first kappa shape index (κ1) is 23.5. The first-order valence-corrected chi connectivity index (χ1v) is 13.6. The van der Waals surface area contributed by atoms with E-state index in [9.17, 15) is 9.59 Å². The minimum atomic E-state index is -0.298. The van der Waals surface area contributed by atoms with Crippen molar-refractivity contribution < 1.29 is 14.3 Å². The highest BCUT2D eigenvalue weighted by molar-refractivity contribution is 6.36. The lowest BCUT2D eigenvalue weighted by atomic mass is 9.74. The fourth-order valence-corrected chi connectivity index (χ4v) is 6.70. The van der Waals surface area contributed by atoms with Gasteiger partial charge in [0.1, 0.15) is 0 Å².